The summed E-state index contributed by atoms with van der Waals surface area (Å²) in [7, 11) is 0. The molecule has 0 aromatic heterocycles. The summed E-state index contributed by atoms with van der Waals surface area (Å²) in [6, 6.07) is 27.5. The van der Waals surface area contributed by atoms with Gasteiger partial charge in [-0.2, -0.15) is 10.5 Å². The van der Waals surface area contributed by atoms with Gasteiger partial charge < -0.3 is 4.74 Å². The number of ether oxygens (including phenoxy) is 1. The first-order valence-corrected chi connectivity index (χ1v) is 15.7. The first kappa shape index (κ1) is 34.4. The Morgan fingerprint density at radius 1 is 0.864 bits per heavy atom. The Balaban J connectivity index is 0.000000278. The van der Waals surface area contributed by atoms with E-state index in [0.717, 1.165) is 35.3 Å². The number of hydrogen-bond donors (Lipinski definition) is 1. The number of benzene rings is 4. The Kier molecular flexibility index (Phi) is 14.0. The number of thiol groups is 1. The van der Waals surface area contributed by atoms with Gasteiger partial charge in [0.2, 0.25) is 0 Å². The van der Waals surface area contributed by atoms with Gasteiger partial charge >= 0.3 is 5.97 Å². The van der Waals surface area contributed by atoms with Crippen molar-refractivity contribution in [2.24, 2.45) is 5.92 Å². The molecule has 0 spiro atoms. The molecular formula is C36H34F2N2O2S2. The minimum Gasteiger partial charge on any atom is -0.465 e. The molecule has 0 bridgehead atoms. The van der Waals surface area contributed by atoms with Crippen molar-refractivity contribution in [1.82, 2.24) is 0 Å². The summed E-state index contributed by atoms with van der Waals surface area (Å²) in [6.07, 6.45) is 3.68. The van der Waals surface area contributed by atoms with Gasteiger partial charge in [0.15, 0.2) is 0 Å². The van der Waals surface area contributed by atoms with E-state index in [2.05, 4.69) is 32.5 Å². The first-order valence-electron chi connectivity index (χ1n) is 14.3. The van der Waals surface area contributed by atoms with Gasteiger partial charge in [-0.1, -0.05) is 63.1 Å². The van der Waals surface area contributed by atoms with Crippen LogP contribution in [0.25, 0.3) is 22.3 Å². The van der Waals surface area contributed by atoms with E-state index in [1.807, 2.05) is 12.1 Å². The second-order valence-corrected chi connectivity index (χ2v) is 11.9. The third-order valence-electron chi connectivity index (χ3n) is 6.70. The predicted octanol–water partition coefficient (Wildman–Crippen LogP) is 9.87. The van der Waals surface area contributed by atoms with Crippen LogP contribution in [-0.2, 0) is 9.53 Å². The summed E-state index contributed by atoms with van der Waals surface area (Å²) in [4.78, 5) is 13.2. The molecule has 1 unspecified atom stereocenters. The first-order chi connectivity index (χ1) is 21.2. The van der Waals surface area contributed by atoms with Crippen LogP contribution in [-0.4, -0.2) is 18.3 Å². The molecule has 0 amide bonds. The number of halogens is 2. The Morgan fingerprint density at radius 2 is 1.41 bits per heavy atom. The van der Waals surface area contributed by atoms with Crippen molar-refractivity contribution in [1.29, 1.82) is 10.5 Å². The van der Waals surface area contributed by atoms with Gasteiger partial charge in [0, 0.05) is 26.7 Å². The number of nitrogens with zero attached hydrogens (tertiary/aromatic N) is 2. The highest BCUT2D eigenvalue weighted by Gasteiger charge is 2.10. The van der Waals surface area contributed by atoms with Crippen molar-refractivity contribution in [2.45, 2.75) is 49.3 Å². The summed E-state index contributed by atoms with van der Waals surface area (Å²) in [5, 5.41) is 17.5. The lowest BCUT2D eigenvalue weighted by Crippen LogP contribution is -2.12. The molecule has 0 fully saturated rings. The van der Waals surface area contributed by atoms with Crippen molar-refractivity contribution < 1.29 is 18.3 Å². The van der Waals surface area contributed by atoms with Crippen LogP contribution in [0.2, 0.25) is 0 Å². The SMILES string of the molecule is CCCCC(C)COC(=O)CCSc1ccc(-c2ccc(C#N)cc2)c(F)c1.N#Cc1ccc(-c2ccc(S)cc2F)cc1. The molecule has 1 atom stereocenters. The third-order valence-corrected chi connectivity index (χ3v) is 7.97. The molecule has 44 heavy (non-hydrogen) atoms. The van der Waals surface area contributed by atoms with Crippen molar-refractivity contribution >= 4 is 30.4 Å². The van der Waals surface area contributed by atoms with Crippen LogP contribution in [0.1, 0.15) is 50.7 Å². The normalized spacial score (nSPS) is 11.0. The zero-order valence-electron chi connectivity index (χ0n) is 24.7. The maximum atomic E-state index is 14.4. The van der Waals surface area contributed by atoms with Crippen LogP contribution < -0.4 is 0 Å². The maximum absolute atomic E-state index is 14.4. The molecule has 0 N–H and O–H groups in total. The molecule has 0 heterocycles. The van der Waals surface area contributed by atoms with Gasteiger partial charge in [0.05, 0.1) is 36.3 Å². The highest BCUT2D eigenvalue weighted by Crippen LogP contribution is 2.28. The van der Waals surface area contributed by atoms with Crippen molar-refractivity contribution in [3.63, 3.8) is 0 Å². The Morgan fingerprint density at radius 3 is 1.91 bits per heavy atom. The molecule has 4 nitrogen and oxygen atoms in total. The van der Waals surface area contributed by atoms with E-state index in [1.54, 1.807) is 66.7 Å². The number of unbranched alkanes of at least 4 members (excludes halogenated alkanes) is 1. The number of esters is 1. The number of rotatable bonds is 11. The Labute approximate surface area is 268 Å². The lowest BCUT2D eigenvalue weighted by Gasteiger charge is -2.11. The minimum absolute atomic E-state index is 0.203. The fraction of sp³-hybridized carbons (Fsp3) is 0.250. The van der Waals surface area contributed by atoms with Gasteiger partial charge in [-0.25, -0.2) is 8.78 Å². The second kappa shape index (κ2) is 17.9. The van der Waals surface area contributed by atoms with Gasteiger partial charge in [-0.3, -0.25) is 4.79 Å². The molecule has 226 valence electrons. The predicted molar refractivity (Wildman–Crippen MR) is 175 cm³/mol. The number of carbonyl (C=O) groups excluding carboxylic acids is 1. The van der Waals surface area contributed by atoms with Crippen molar-refractivity contribution in [3.05, 3.63) is 108 Å². The van der Waals surface area contributed by atoms with Gasteiger partial charge in [-0.15, -0.1) is 24.4 Å². The summed E-state index contributed by atoms with van der Waals surface area (Å²) in [5.74, 6) is 0.114. The molecular weight excluding hydrogens is 595 g/mol. The van der Waals surface area contributed by atoms with E-state index in [1.165, 1.54) is 23.9 Å². The third kappa shape index (κ3) is 10.9. The van der Waals surface area contributed by atoms with E-state index < -0.39 is 0 Å². The Bertz CT molecular complexity index is 1610. The lowest BCUT2D eigenvalue weighted by molar-refractivity contribution is -0.144. The lowest BCUT2D eigenvalue weighted by atomic mass is 10.0. The highest BCUT2D eigenvalue weighted by molar-refractivity contribution is 7.99. The summed E-state index contributed by atoms with van der Waals surface area (Å²) >= 11 is 5.50. The average Bonchev–Trinajstić information content (AvgIpc) is 3.03. The summed E-state index contributed by atoms with van der Waals surface area (Å²) < 4.78 is 33.4. The van der Waals surface area contributed by atoms with E-state index in [-0.39, 0.29) is 17.6 Å². The smallest absolute Gasteiger partial charge is 0.306 e. The summed E-state index contributed by atoms with van der Waals surface area (Å²) in [5.41, 5.74) is 3.60. The Hall–Kier alpha value is -4.11. The van der Waals surface area contributed by atoms with Crippen molar-refractivity contribution in [3.8, 4) is 34.4 Å². The fourth-order valence-electron chi connectivity index (χ4n) is 4.20. The highest BCUT2D eigenvalue weighted by atomic mass is 32.2. The molecule has 0 saturated heterocycles. The maximum Gasteiger partial charge on any atom is 0.306 e. The topological polar surface area (TPSA) is 73.9 Å². The molecule has 0 aliphatic heterocycles. The van der Waals surface area contributed by atoms with Gasteiger partial charge in [0.1, 0.15) is 11.6 Å². The van der Waals surface area contributed by atoms with Crippen LogP contribution >= 0.6 is 24.4 Å². The number of thioether (sulfide) groups is 1. The number of carbonyl (C=O) groups is 1. The van der Waals surface area contributed by atoms with Crippen LogP contribution in [0.3, 0.4) is 0 Å². The second-order valence-electron chi connectivity index (χ2n) is 10.2. The van der Waals surface area contributed by atoms with Gasteiger partial charge in [-0.05, 0) is 72.0 Å². The van der Waals surface area contributed by atoms with Crippen LogP contribution in [0.5, 0.6) is 0 Å². The van der Waals surface area contributed by atoms with Crippen LogP contribution in [0.15, 0.2) is 94.7 Å². The molecule has 0 saturated carbocycles. The molecule has 4 aromatic carbocycles. The largest absolute Gasteiger partial charge is 0.465 e. The quantitative estimate of drug-likeness (QED) is 0.102. The van der Waals surface area contributed by atoms with Crippen LogP contribution in [0, 0.1) is 40.2 Å². The minimum atomic E-state index is -0.318. The van der Waals surface area contributed by atoms with E-state index in [9.17, 15) is 13.6 Å². The van der Waals surface area contributed by atoms with E-state index >= 15 is 0 Å². The van der Waals surface area contributed by atoms with Gasteiger partial charge in [0.25, 0.3) is 0 Å². The average molecular weight is 629 g/mol. The molecule has 0 aliphatic rings. The molecule has 4 aromatic rings. The van der Waals surface area contributed by atoms with E-state index in [0.29, 0.717) is 51.8 Å². The number of hydrogen-bond acceptors (Lipinski definition) is 6. The molecule has 0 radical (unpaired) electrons. The monoisotopic (exact) mass is 628 g/mol. The summed E-state index contributed by atoms with van der Waals surface area (Å²) in [6.45, 7) is 4.71. The van der Waals surface area contributed by atoms with E-state index in [4.69, 9.17) is 15.3 Å². The molecule has 0 aliphatic carbocycles. The molecule has 4 rings (SSSR count). The number of nitriles is 2. The molecule has 8 heteroatoms. The standard InChI is InChI=1S/C23H26FNO2S.C13H8FNS/c1-3-4-5-17(2)16-27-23(26)12-13-28-20-10-11-21(22(24)14-20)19-8-6-18(15-25)7-9-19;14-13-7-11(16)5-6-12(13)10-3-1-9(8-15)2-4-10/h6-11,14,17H,3-5,12-13,16H2,1-2H3;1-7,16H. The zero-order valence-corrected chi connectivity index (χ0v) is 26.4. The van der Waals surface area contributed by atoms with Crippen molar-refractivity contribution in [2.75, 3.05) is 12.4 Å². The zero-order chi connectivity index (χ0) is 31.9. The van der Waals surface area contributed by atoms with Crippen LogP contribution in [0.4, 0.5) is 8.78 Å². The fourth-order valence-corrected chi connectivity index (χ4v) is 5.25.